The number of benzene rings is 3. The fourth-order valence-electron chi connectivity index (χ4n) is 6.14. The van der Waals surface area contributed by atoms with Crippen LogP contribution in [0.1, 0.15) is 63.8 Å². The average molecular weight is 541 g/mol. The zero-order valence-corrected chi connectivity index (χ0v) is 22.8. The number of rotatable bonds is 6. The lowest BCUT2D eigenvalue weighted by Gasteiger charge is -2.33. The first kappa shape index (κ1) is 26.4. The van der Waals surface area contributed by atoms with Crippen LogP contribution in [0.15, 0.2) is 79.0 Å². The molecule has 1 aromatic heterocycles. The lowest BCUT2D eigenvalue weighted by atomic mass is 9.90. The highest BCUT2D eigenvalue weighted by Crippen LogP contribution is 2.35. The minimum Gasteiger partial charge on any atom is -0.338 e. The summed E-state index contributed by atoms with van der Waals surface area (Å²) in [6.45, 7) is 6.12. The fourth-order valence-corrected chi connectivity index (χ4v) is 6.14. The second-order valence-corrected chi connectivity index (χ2v) is 11.2. The van der Waals surface area contributed by atoms with Crippen LogP contribution in [0.4, 0.5) is 8.78 Å². The van der Waals surface area contributed by atoms with Crippen molar-refractivity contribution in [1.82, 2.24) is 19.6 Å². The van der Waals surface area contributed by atoms with Crippen LogP contribution in [-0.2, 0) is 6.54 Å². The molecule has 3 heterocycles. The lowest BCUT2D eigenvalue weighted by Crippen LogP contribution is -2.34. The molecule has 4 aromatic rings. The molecule has 1 amide bonds. The van der Waals surface area contributed by atoms with Gasteiger partial charge in [0.05, 0.1) is 23.1 Å². The normalized spacial score (nSPS) is 18.4. The van der Waals surface area contributed by atoms with Crippen molar-refractivity contribution in [2.45, 2.75) is 44.6 Å². The standard InChI is InChI=1S/C33H34F2N4O/c1-23-2-4-24(5-3-23)21-37-17-14-26(15-18-37)32-31(20-36-39(32)30-12-10-29(35)11-13-30)33(40)38-19-16-27(22-38)25-6-8-28(34)9-7-25/h2-13,20,26-27H,14-19,21-22H2,1H3/t27-/m1/s1. The van der Waals surface area contributed by atoms with E-state index in [1.54, 1.807) is 18.3 Å². The van der Waals surface area contributed by atoms with E-state index in [2.05, 4.69) is 41.2 Å². The number of piperidine rings is 1. The van der Waals surface area contributed by atoms with E-state index in [4.69, 9.17) is 0 Å². The van der Waals surface area contributed by atoms with Crippen molar-refractivity contribution >= 4 is 5.91 Å². The second kappa shape index (κ2) is 11.3. The number of carbonyl (C=O) groups is 1. The summed E-state index contributed by atoms with van der Waals surface area (Å²) >= 11 is 0. The molecule has 0 unspecified atom stereocenters. The molecular weight excluding hydrogens is 506 g/mol. The van der Waals surface area contributed by atoms with Gasteiger partial charge in [0.2, 0.25) is 0 Å². The number of likely N-dealkylation sites (tertiary alicyclic amines) is 2. The van der Waals surface area contributed by atoms with Gasteiger partial charge in [-0.3, -0.25) is 9.69 Å². The maximum Gasteiger partial charge on any atom is 0.257 e. The lowest BCUT2D eigenvalue weighted by molar-refractivity contribution is 0.0788. The molecule has 0 radical (unpaired) electrons. The molecule has 2 aliphatic rings. The molecule has 0 bridgehead atoms. The summed E-state index contributed by atoms with van der Waals surface area (Å²) < 4.78 is 29.0. The van der Waals surface area contributed by atoms with Gasteiger partial charge < -0.3 is 4.90 Å². The average Bonchev–Trinajstić information content (AvgIpc) is 3.64. The van der Waals surface area contributed by atoms with Crippen LogP contribution in [0.5, 0.6) is 0 Å². The van der Waals surface area contributed by atoms with E-state index >= 15 is 0 Å². The largest absolute Gasteiger partial charge is 0.338 e. The summed E-state index contributed by atoms with van der Waals surface area (Å²) in [6, 6.07) is 21.6. The third-order valence-electron chi connectivity index (χ3n) is 8.43. The Balaban J connectivity index is 1.23. The number of nitrogens with zero attached hydrogens (tertiary/aromatic N) is 4. The van der Waals surface area contributed by atoms with E-state index in [9.17, 15) is 13.6 Å². The molecule has 7 heteroatoms. The van der Waals surface area contributed by atoms with Gasteiger partial charge in [-0.1, -0.05) is 42.0 Å². The minimum absolute atomic E-state index is 0.0185. The highest BCUT2D eigenvalue weighted by molar-refractivity contribution is 5.95. The van der Waals surface area contributed by atoms with Gasteiger partial charge in [0.15, 0.2) is 0 Å². The smallest absolute Gasteiger partial charge is 0.257 e. The molecule has 2 fully saturated rings. The molecule has 0 spiro atoms. The van der Waals surface area contributed by atoms with E-state index < -0.39 is 0 Å². The van der Waals surface area contributed by atoms with Gasteiger partial charge in [0.1, 0.15) is 11.6 Å². The molecule has 3 aromatic carbocycles. The number of aromatic nitrogens is 2. The van der Waals surface area contributed by atoms with Gasteiger partial charge in [-0.05, 0) is 86.8 Å². The predicted octanol–water partition coefficient (Wildman–Crippen LogP) is 6.47. The summed E-state index contributed by atoms with van der Waals surface area (Å²) in [4.78, 5) is 18.3. The number of hydrogen-bond donors (Lipinski definition) is 0. The molecule has 40 heavy (non-hydrogen) atoms. The molecular formula is C33H34F2N4O. The fraction of sp³-hybridized carbons (Fsp3) is 0.333. The molecule has 2 saturated heterocycles. The Morgan fingerprint density at radius 1 is 0.825 bits per heavy atom. The summed E-state index contributed by atoms with van der Waals surface area (Å²) in [5.41, 5.74) is 5.91. The Morgan fingerprint density at radius 2 is 1.45 bits per heavy atom. The third kappa shape index (κ3) is 5.56. The van der Waals surface area contributed by atoms with Gasteiger partial charge in [0.25, 0.3) is 5.91 Å². The summed E-state index contributed by atoms with van der Waals surface area (Å²) in [6.07, 6.45) is 4.36. The second-order valence-electron chi connectivity index (χ2n) is 11.2. The maximum atomic E-state index is 13.9. The Labute approximate surface area is 234 Å². The van der Waals surface area contributed by atoms with Gasteiger partial charge in [0, 0.05) is 31.5 Å². The molecule has 5 nitrogen and oxygen atoms in total. The van der Waals surface area contributed by atoms with Crippen molar-refractivity contribution < 1.29 is 13.6 Å². The zero-order valence-electron chi connectivity index (χ0n) is 22.8. The van der Waals surface area contributed by atoms with Crippen molar-refractivity contribution in [2.24, 2.45) is 0 Å². The molecule has 0 aliphatic carbocycles. The molecule has 0 N–H and O–H groups in total. The first-order valence-electron chi connectivity index (χ1n) is 14.1. The predicted molar refractivity (Wildman–Crippen MR) is 152 cm³/mol. The Morgan fingerprint density at radius 3 is 2.12 bits per heavy atom. The third-order valence-corrected chi connectivity index (χ3v) is 8.43. The highest BCUT2D eigenvalue weighted by Gasteiger charge is 2.34. The van der Waals surface area contributed by atoms with Gasteiger partial charge >= 0.3 is 0 Å². The molecule has 6 rings (SSSR count). The minimum atomic E-state index is -0.304. The van der Waals surface area contributed by atoms with Crippen molar-refractivity contribution in [3.05, 3.63) is 119 Å². The Kier molecular flexibility index (Phi) is 7.48. The number of aryl methyl sites for hydroxylation is 1. The number of hydrogen-bond acceptors (Lipinski definition) is 3. The van der Waals surface area contributed by atoms with Crippen LogP contribution in [0, 0.1) is 18.6 Å². The molecule has 1 atom stereocenters. The van der Waals surface area contributed by atoms with Gasteiger partial charge in [-0.15, -0.1) is 0 Å². The highest BCUT2D eigenvalue weighted by atomic mass is 19.1. The van der Waals surface area contributed by atoms with Crippen LogP contribution in [-0.4, -0.2) is 51.7 Å². The van der Waals surface area contributed by atoms with Crippen molar-refractivity contribution in [2.75, 3.05) is 26.2 Å². The first-order valence-corrected chi connectivity index (χ1v) is 14.1. The monoisotopic (exact) mass is 540 g/mol. The summed E-state index contributed by atoms with van der Waals surface area (Å²) in [5, 5.41) is 4.66. The van der Waals surface area contributed by atoms with E-state index in [1.165, 1.54) is 35.4 Å². The Hall–Kier alpha value is -3.84. The van der Waals surface area contributed by atoms with Crippen LogP contribution in [0.25, 0.3) is 5.69 Å². The van der Waals surface area contributed by atoms with Gasteiger partial charge in [-0.25, -0.2) is 13.5 Å². The van der Waals surface area contributed by atoms with Gasteiger partial charge in [-0.2, -0.15) is 5.10 Å². The van der Waals surface area contributed by atoms with Crippen LogP contribution >= 0.6 is 0 Å². The van der Waals surface area contributed by atoms with Crippen LogP contribution < -0.4 is 0 Å². The SMILES string of the molecule is Cc1ccc(CN2CCC(c3c(C(=O)N4CC[C@@H](c5ccc(F)cc5)C4)cnn3-c3ccc(F)cc3)CC2)cc1. The van der Waals surface area contributed by atoms with Crippen LogP contribution in [0.3, 0.4) is 0 Å². The summed E-state index contributed by atoms with van der Waals surface area (Å²) in [7, 11) is 0. The quantitative estimate of drug-likeness (QED) is 0.282. The topological polar surface area (TPSA) is 41.4 Å². The Bertz CT molecular complexity index is 1460. The van der Waals surface area contributed by atoms with E-state index in [-0.39, 0.29) is 29.4 Å². The number of amides is 1. The number of halogens is 2. The van der Waals surface area contributed by atoms with Crippen molar-refractivity contribution in [3.8, 4) is 5.69 Å². The zero-order chi connectivity index (χ0) is 27.6. The van der Waals surface area contributed by atoms with Crippen molar-refractivity contribution in [1.29, 1.82) is 0 Å². The van der Waals surface area contributed by atoms with E-state index in [0.29, 0.717) is 18.7 Å². The van der Waals surface area contributed by atoms with E-state index in [1.807, 2.05) is 21.7 Å². The molecule has 206 valence electrons. The molecule has 0 saturated carbocycles. The van der Waals surface area contributed by atoms with E-state index in [0.717, 1.165) is 55.8 Å². The first-order chi connectivity index (χ1) is 19.4. The number of carbonyl (C=O) groups excluding carboxylic acids is 1. The maximum absolute atomic E-state index is 13.9. The molecule has 2 aliphatic heterocycles. The van der Waals surface area contributed by atoms with Crippen molar-refractivity contribution in [3.63, 3.8) is 0 Å². The summed E-state index contributed by atoms with van der Waals surface area (Å²) in [5.74, 6) is -0.226. The van der Waals surface area contributed by atoms with Crippen LogP contribution in [0.2, 0.25) is 0 Å².